The van der Waals surface area contributed by atoms with Crippen molar-refractivity contribution < 1.29 is 0 Å². The molecule has 0 aliphatic heterocycles. The SMILES string of the molecule is CN(C)c1ccc(/C=C/c2cc(-c3ccccc3)nc(-c3ccccc3)n2)cc1. The quantitative estimate of drug-likeness (QED) is 0.424. The lowest BCUT2D eigenvalue weighted by Gasteiger charge is -2.11. The van der Waals surface area contributed by atoms with Crippen molar-refractivity contribution in [1.82, 2.24) is 9.97 Å². The highest BCUT2D eigenvalue weighted by Gasteiger charge is 2.07. The van der Waals surface area contributed by atoms with Crippen LogP contribution in [0, 0.1) is 0 Å². The summed E-state index contributed by atoms with van der Waals surface area (Å²) in [6.45, 7) is 0. The second-order valence-corrected chi connectivity index (χ2v) is 7.05. The number of anilines is 1. The summed E-state index contributed by atoms with van der Waals surface area (Å²) in [6, 6.07) is 30.8. The van der Waals surface area contributed by atoms with Crippen molar-refractivity contribution >= 4 is 17.8 Å². The predicted octanol–water partition coefficient (Wildman–Crippen LogP) is 6.05. The van der Waals surface area contributed by atoms with Gasteiger partial charge in [-0.05, 0) is 29.8 Å². The van der Waals surface area contributed by atoms with Crippen LogP contribution in [0.3, 0.4) is 0 Å². The molecule has 4 rings (SSSR count). The Bertz CT molecular complexity index is 1040. The molecule has 0 bridgehead atoms. The molecule has 0 saturated carbocycles. The van der Waals surface area contributed by atoms with Gasteiger partial charge in [0.2, 0.25) is 0 Å². The number of rotatable bonds is 5. The van der Waals surface area contributed by atoms with Gasteiger partial charge in [-0.1, -0.05) is 78.9 Å². The number of nitrogens with zero attached hydrogens (tertiary/aromatic N) is 3. The van der Waals surface area contributed by atoms with Crippen LogP contribution < -0.4 is 4.90 Å². The van der Waals surface area contributed by atoms with Gasteiger partial charge >= 0.3 is 0 Å². The molecule has 3 nitrogen and oxygen atoms in total. The summed E-state index contributed by atoms with van der Waals surface area (Å²) in [5.41, 5.74) is 6.21. The molecule has 0 amide bonds. The average molecular weight is 377 g/mol. The van der Waals surface area contributed by atoms with E-state index in [9.17, 15) is 0 Å². The normalized spacial score (nSPS) is 11.0. The van der Waals surface area contributed by atoms with Crippen molar-refractivity contribution in [3.8, 4) is 22.6 Å². The smallest absolute Gasteiger partial charge is 0.160 e. The minimum atomic E-state index is 0.731. The van der Waals surface area contributed by atoms with Crippen molar-refractivity contribution in [2.24, 2.45) is 0 Å². The molecule has 0 atom stereocenters. The first kappa shape index (κ1) is 18.6. The van der Waals surface area contributed by atoms with E-state index in [4.69, 9.17) is 9.97 Å². The summed E-state index contributed by atoms with van der Waals surface area (Å²) in [7, 11) is 4.09. The van der Waals surface area contributed by atoms with Gasteiger partial charge in [-0.25, -0.2) is 9.97 Å². The Labute approximate surface area is 172 Å². The van der Waals surface area contributed by atoms with Crippen molar-refractivity contribution in [3.05, 3.63) is 102 Å². The zero-order chi connectivity index (χ0) is 20.1. The fraction of sp³-hybridized carbons (Fsp3) is 0.0769. The molecule has 142 valence electrons. The molecule has 4 aromatic rings. The summed E-state index contributed by atoms with van der Waals surface area (Å²) in [5.74, 6) is 0.731. The fourth-order valence-electron chi connectivity index (χ4n) is 3.09. The Hall–Kier alpha value is -3.72. The largest absolute Gasteiger partial charge is 0.378 e. The molecule has 0 spiro atoms. The molecule has 29 heavy (non-hydrogen) atoms. The molecule has 1 heterocycles. The summed E-state index contributed by atoms with van der Waals surface area (Å²) in [4.78, 5) is 11.7. The highest BCUT2D eigenvalue weighted by molar-refractivity contribution is 5.73. The zero-order valence-corrected chi connectivity index (χ0v) is 16.7. The van der Waals surface area contributed by atoms with Crippen LogP contribution in [-0.2, 0) is 0 Å². The summed E-state index contributed by atoms with van der Waals surface area (Å²) in [6.07, 6.45) is 4.14. The molecular formula is C26H23N3. The van der Waals surface area contributed by atoms with E-state index in [0.29, 0.717) is 0 Å². The highest BCUT2D eigenvalue weighted by Crippen LogP contribution is 2.23. The van der Waals surface area contributed by atoms with Crippen LogP contribution in [0.25, 0.3) is 34.8 Å². The molecular weight excluding hydrogens is 354 g/mol. The van der Waals surface area contributed by atoms with Crippen LogP contribution in [0.5, 0.6) is 0 Å². The Morgan fingerprint density at radius 3 is 1.90 bits per heavy atom. The summed E-state index contributed by atoms with van der Waals surface area (Å²) >= 11 is 0. The van der Waals surface area contributed by atoms with Crippen LogP contribution in [0.4, 0.5) is 5.69 Å². The second-order valence-electron chi connectivity index (χ2n) is 7.05. The first-order valence-corrected chi connectivity index (χ1v) is 9.64. The van der Waals surface area contributed by atoms with Crippen LogP contribution in [-0.4, -0.2) is 24.1 Å². The minimum absolute atomic E-state index is 0.731. The standard InChI is InChI=1S/C26H23N3/c1-29(2)24-17-14-20(15-18-24)13-16-23-19-25(21-9-5-3-6-10-21)28-26(27-23)22-11-7-4-8-12-22/h3-19H,1-2H3/b16-13+. The van der Waals surface area contributed by atoms with E-state index in [2.05, 4.69) is 47.4 Å². The van der Waals surface area contributed by atoms with Gasteiger partial charge in [-0.2, -0.15) is 0 Å². The van der Waals surface area contributed by atoms with Gasteiger partial charge in [-0.15, -0.1) is 0 Å². The number of hydrogen-bond donors (Lipinski definition) is 0. The molecule has 3 aromatic carbocycles. The lowest BCUT2D eigenvalue weighted by molar-refractivity contribution is 1.13. The lowest BCUT2D eigenvalue weighted by Crippen LogP contribution is -2.07. The Morgan fingerprint density at radius 2 is 1.28 bits per heavy atom. The Balaban J connectivity index is 1.72. The molecule has 0 aliphatic rings. The van der Waals surface area contributed by atoms with E-state index in [-0.39, 0.29) is 0 Å². The maximum atomic E-state index is 4.81. The molecule has 0 radical (unpaired) electrons. The maximum Gasteiger partial charge on any atom is 0.160 e. The fourth-order valence-corrected chi connectivity index (χ4v) is 3.09. The van der Waals surface area contributed by atoms with Gasteiger partial charge in [-0.3, -0.25) is 0 Å². The van der Waals surface area contributed by atoms with Gasteiger partial charge in [0.1, 0.15) is 0 Å². The molecule has 0 fully saturated rings. The van der Waals surface area contributed by atoms with Crippen LogP contribution in [0.15, 0.2) is 91.0 Å². The van der Waals surface area contributed by atoms with Gasteiger partial charge in [0.15, 0.2) is 5.82 Å². The third-order valence-electron chi connectivity index (χ3n) is 4.70. The van der Waals surface area contributed by atoms with Crippen molar-refractivity contribution in [1.29, 1.82) is 0 Å². The zero-order valence-electron chi connectivity index (χ0n) is 16.7. The van der Waals surface area contributed by atoms with Gasteiger partial charge in [0, 0.05) is 30.9 Å². The molecule has 0 N–H and O–H groups in total. The first-order valence-electron chi connectivity index (χ1n) is 9.64. The molecule has 0 unspecified atom stereocenters. The molecule has 0 aliphatic carbocycles. The first-order chi connectivity index (χ1) is 14.2. The Kier molecular flexibility index (Phi) is 5.48. The summed E-state index contributed by atoms with van der Waals surface area (Å²) in [5, 5.41) is 0. The van der Waals surface area contributed by atoms with Crippen LogP contribution in [0.1, 0.15) is 11.3 Å². The predicted molar refractivity (Wildman–Crippen MR) is 123 cm³/mol. The van der Waals surface area contributed by atoms with Crippen molar-refractivity contribution in [2.75, 3.05) is 19.0 Å². The van der Waals surface area contributed by atoms with Crippen LogP contribution in [0.2, 0.25) is 0 Å². The highest BCUT2D eigenvalue weighted by atomic mass is 15.1. The average Bonchev–Trinajstić information content (AvgIpc) is 2.79. The van der Waals surface area contributed by atoms with E-state index in [1.807, 2.05) is 74.8 Å². The maximum absolute atomic E-state index is 4.81. The monoisotopic (exact) mass is 377 g/mol. The lowest BCUT2D eigenvalue weighted by atomic mass is 10.1. The molecule has 0 saturated heterocycles. The molecule has 3 heteroatoms. The van der Waals surface area contributed by atoms with E-state index in [1.54, 1.807) is 0 Å². The second kappa shape index (κ2) is 8.53. The number of benzene rings is 3. The van der Waals surface area contributed by atoms with Crippen molar-refractivity contribution in [2.45, 2.75) is 0 Å². The van der Waals surface area contributed by atoms with Crippen molar-refractivity contribution in [3.63, 3.8) is 0 Å². The van der Waals surface area contributed by atoms with E-state index in [0.717, 1.165) is 33.9 Å². The van der Waals surface area contributed by atoms with Gasteiger partial charge < -0.3 is 4.90 Å². The van der Waals surface area contributed by atoms with E-state index < -0.39 is 0 Å². The number of hydrogen-bond acceptors (Lipinski definition) is 3. The van der Waals surface area contributed by atoms with Crippen LogP contribution >= 0.6 is 0 Å². The minimum Gasteiger partial charge on any atom is -0.378 e. The molecule has 1 aromatic heterocycles. The van der Waals surface area contributed by atoms with E-state index >= 15 is 0 Å². The topological polar surface area (TPSA) is 29.0 Å². The van der Waals surface area contributed by atoms with E-state index in [1.165, 1.54) is 5.69 Å². The Morgan fingerprint density at radius 1 is 0.655 bits per heavy atom. The third-order valence-corrected chi connectivity index (χ3v) is 4.70. The number of aromatic nitrogens is 2. The third kappa shape index (κ3) is 4.58. The summed E-state index contributed by atoms with van der Waals surface area (Å²) < 4.78 is 0. The van der Waals surface area contributed by atoms with Gasteiger partial charge in [0.25, 0.3) is 0 Å². The van der Waals surface area contributed by atoms with Gasteiger partial charge in [0.05, 0.1) is 11.4 Å².